The number of nitrogens with zero attached hydrogens (tertiary/aromatic N) is 6. The molecule has 0 aliphatic heterocycles. The summed E-state index contributed by atoms with van der Waals surface area (Å²) in [5.41, 5.74) is 1.31. The van der Waals surface area contributed by atoms with Crippen molar-refractivity contribution in [3.8, 4) is 11.4 Å². The van der Waals surface area contributed by atoms with Gasteiger partial charge in [0.15, 0.2) is 17.2 Å². The van der Waals surface area contributed by atoms with E-state index in [9.17, 15) is 10.1 Å². The van der Waals surface area contributed by atoms with Crippen LogP contribution in [0.5, 0.6) is 0 Å². The van der Waals surface area contributed by atoms with Crippen molar-refractivity contribution in [1.82, 2.24) is 28.9 Å². The maximum atomic E-state index is 11.0. The molecule has 0 bridgehead atoms. The Balaban J connectivity index is 2.33. The van der Waals surface area contributed by atoms with E-state index >= 15 is 0 Å². The van der Waals surface area contributed by atoms with Gasteiger partial charge in [-0.25, -0.2) is 24.9 Å². The summed E-state index contributed by atoms with van der Waals surface area (Å²) in [6.45, 7) is 1.63. The van der Waals surface area contributed by atoms with Gasteiger partial charge in [0.2, 0.25) is 0 Å². The number of rotatable bonds is 2. The van der Waals surface area contributed by atoms with E-state index in [1.807, 2.05) is 0 Å². The molecule has 0 atom stereocenters. The Kier molecular flexibility index (Phi) is 2.45. The van der Waals surface area contributed by atoms with Crippen LogP contribution in [0, 0.1) is 17.0 Å². The molecule has 3 aromatic rings. The largest absolute Gasteiger partial charge is 0.358 e. The second-order valence-electron chi connectivity index (χ2n) is 3.76. The first-order valence-corrected chi connectivity index (χ1v) is 5.56. The van der Waals surface area contributed by atoms with Gasteiger partial charge in [-0.15, -0.1) is 0 Å². The number of imidazole rings is 2. The summed E-state index contributed by atoms with van der Waals surface area (Å²) in [6, 6.07) is 0. The maximum absolute atomic E-state index is 11.0. The molecule has 3 rings (SSSR count). The van der Waals surface area contributed by atoms with Gasteiger partial charge in [-0.3, -0.25) is 3.97 Å². The SMILES string of the molecule is Cc1nc(-c2ncnc3c2ncn3S)c([N+](=O)[O-])[nH]1. The number of fused-ring (bicyclic) bond motifs is 1. The Morgan fingerprint density at radius 3 is 2.89 bits per heavy atom. The normalized spacial score (nSPS) is 11.1. The predicted octanol–water partition coefficient (Wildman–Crippen LogP) is 1.13. The van der Waals surface area contributed by atoms with Gasteiger partial charge in [-0.2, -0.15) is 0 Å². The van der Waals surface area contributed by atoms with Crippen molar-refractivity contribution < 1.29 is 4.92 Å². The molecule has 0 spiro atoms. The number of nitrogens with one attached hydrogen (secondary N) is 1. The van der Waals surface area contributed by atoms with E-state index in [-0.39, 0.29) is 11.5 Å². The lowest BCUT2D eigenvalue weighted by Gasteiger charge is -1.98. The third-order valence-electron chi connectivity index (χ3n) is 2.53. The molecule has 0 unspecified atom stereocenters. The first kappa shape index (κ1) is 11.6. The summed E-state index contributed by atoms with van der Waals surface area (Å²) in [7, 11) is 0. The number of aryl methyl sites for hydroxylation is 1. The molecular weight excluding hydrogens is 270 g/mol. The number of hydrogen-bond acceptors (Lipinski definition) is 7. The van der Waals surface area contributed by atoms with Crippen LogP contribution in [0.1, 0.15) is 5.82 Å². The molecule has 19 heavy (non-hydrogen) atoms. The van der Waals surface area contributed by atoms with E-state index in [1.165, 1.54) is 16.6 Å². The van der Waals surface area contributed by atoms with Gasteiger partial charge in [0.1, 0.15) is 23.9 Å². The number of hydrogen-bond donors (Lipinski definition) is 2. The van der Waals surface area contributed by atoms with E-state index in [2.05, 4.69) is 37.7 Å². The summed E-state index contributed by atoms with van der Waals surface area (Å²) in [5, 5.41) is 11.0. The first-order valence-electron chi connectivity index (χ1n) is 5.16. The van der Waals surface area contributed by atoms with Gasteiger partial charge in [0.25, 0.3) is 0 Å². The quantitative estimate of drug-likeness (QED) is 0.412. The highest BCUT2D eigenvalue weighted by molar-refractivity contribution is 7.78. The Morgan fingerprint density at radius 2 is 2.16 bits per heavy atom. The lowest BCUT2D eigenvalue weighted by molar-refractivity contribution is -0.388. The van der Waals surface area contributed by atoms with Crippen LogP contribution < -0.4 is 0 Å². The fourth-order valence-corrected chi connectivity index (χ4v) is 1.97. The number of aromatic nitrogens is 6. The highest BCUT2D eigenvalue weighted by Gasteiger charge is 2.24. The lowest BCUT2D eigenvalue weighted by Crippen LogP contribution is -1.95. The molecule has 0 aliphatic carbocycles. The van der Waals surface area contributed by atoms with Crippen LogP contribution in [-0.2, 0) is 0 Å². The molecule has 3 aromatic heterocycles. The first-order chi connectivity index (χ1) is 9.08. The van der Waals surface area contributed by atoms with Gasteiger partial charge in [-0.1, -0.05) is 12.8 Å². The van der Waals surface area contributed by atoms with Crippen LogP contribution in [0.2, 0.25) is 0 Å². The summed E-state index contributed by atoms with van der Waals surface area (Å²) >= 11 is 4.13. The molecule has 10 heteroatoms. The number of aromatic amines is 1. The highest BCUT2D eigenvalue weighted by Crippen LogP contribution is 2.29. The summed E-state index contributed by atoms with van der Waals surface area (Å²) < 4.78 is 1.41. The second-order valence-corrected chi connectivity index (χ2v) is 4.19. The predicted molar refractivity (Wildman–Crippen MR) is 68.7 cm³/mol. The molecule has 0 amide bonds. The van der Waals surface area contributed by atoms with E-state index in [1.54, 1.807) is 6.92 Å². The Hall–Kier alpha value is -2.49. The van der Waals surface area contributed by atoms with Gasteiger partial charge in [0, 0.05) is 6.92 Å². The van der Waals surface area contributed by atoms with Crippen LogP contribution in [0.25, 0.3) is 22.6 Å². The van der Waals surface area contributed by atoms with Crippen molar-refractivity contribution in [2.24, 2.45) is 0 Å². The minimum atomic E-state index is -0.541. The van der Waals surface area contributed by atoms with Crippen LogP contribution in [-0.4, -0.2) is 33.8 Å². The molecule has 0 aromatic carbocycles. The van der Waals surface area contributed by atoms with E-state index in [0.717, 1.165) is 0 Å². The van der Waals surface area contributed by atoms with Gasteiger partial charge in [-0.05, 0) is 4.92 Å². The Bertz CT molecular complexity index is 793. The standard InChI is InChI=1S/C9H7N7O2S/c1-4-13-7(9(14-4)16(17)18)5-6-8(11-2-10-5)15(19)3-12-6/h2-3,19H,1H3,(H,13,14). The molecule has 0 radical (unpaired) electrons. The minimum Gasteiger partial charge on any atom is -0.358 e. The van der Waals surface area contributed by atoms with Gasteiger partial charge >= 0.3 is 5.82 Å². The molecule has 0 saturated carbocycles. The zero-order valence-electron chi connectivity index (χ0n) is 9.60. The topological polar surface area (TPSA) is 115 Å². The Morgan fingerprint density at radius 1 is 1.37 bits per heavy atom. The number of nitro groups is 1. The zero-order chi connectivity index (χ0) is 13.6. The molecule has 1 N–H and O–H groups in total. The van der Waals surface area contributed by atoms with E-state index in [0.29, 0.717) is 22.7 Å². The van der Waals surface area contributed by atoms with Crippen LogP contribution in [0.4, 0.5) is 5.82 Å². The smallest absolute Gasteiger partial charge is 0.350 e. The lowest BCUT2D eigenvalue weighted by atomic mass is 10.2. The second kappa shape index (κ2) is 4.02. The van der Waals surface area contributed by atoms with Crippen molar-refractivity contribution >= 4 is 29.8 Å². The minimum absolute atomic E-state index is 0.141. The third-order valence-corrected chi connectivity index (χ3v) is 2.82. The molecule has 0 aliphatic rings. The molecule has 9 nitrogen and oxygen atoms in total. The highest BCUT2D eigenvalue weighted by atomic mass is 32.1. The van der Waals surface area contributed by atoms with Crippen molar-refractivity contribution in [2.45, 2.75) is 6.92 Å². The van der Waals surface area contributed by atoms with Gasteiger partial charge in [0.05, 0.1) is 0 Å². The van der Waals surface area contributed by atoms with Crippen molar-refractivity contribution in [2.75, 3.05) is 0 Å². The molecule has 3 heterocycles. The van der Waals surface area contributed by atoms with Crippen molar-refractivity contribution in [3.63, 3.8) is 0 Å². The molecule has 0 saturated heterocycles. The van der Waals surface area contributed by atoms with Crippen LogP contribution in [0.3, 0.4) is 0 Å². The van der Waals surface area contributed by atoms with Crippen molar-refractivity contribution in [3.05, 3.63) is 28.6 Å². The van der Waals surface area contributed by atoms with Gasteiger partial charge < -0.3 is 10.1 Å². The monoisotopic (exact) mass is 277 g/mol. The van der Waals surface area contributed by atoms with Crippen LogP contribution >= 0.6 is 12.8 Å². The number of H-pyrrole nitrogens is 1. The summed E-state index contributed by atoms with van der Waals surface area (Å²) in [6.07, 6.45) is 2.73. The molecule has 0 fully saturated rings. The Labute approximate surface area is 111 Å². The third kappa shape index (κ3) is 1.73. The van der Waals surface area contributed by atoms with E-state index < -0.39 is 4.92 Å². The van der Waals surface area contributed by atoms with Crippen LogP contribution in [0.15, 0.2) is 12.7 Å². The maximum Gasteiger partial charge on any atom is 0.350 e. The summed E-state index contributed by atoms with van der Waals surface area (Å²) in [5.74, 6) is 0.213. The van der Waals surface area contributed by atoms with E-state index in [4.69, 9.17) is 0 Å². The van der Waals surface area contributed by atoms with Crippen molar-refractivity contribution in [1.29, 1.82) is 0 Å². The fraction of sp³-hybridized carbons (Fsp3) is 0.111. The summed E-state index contributed by atoms with van der Waals surface area (Å²) in [4.78, 5) is 29.3. The average molecular weight is 277 g/mol. The average Bonchev–Trinajstić information content (AvgIpc) is 2.93. The fourth-order valence-electron chi connectivity index (χ4n) is 1.77. The molecule has 96 valence electrons. The number of thiol groups is 1. The zero-order valence-corrected chi connectivity index (χ0v) is 10.5. The molecular formula is C9H7N7O2S.